The van der Waals surface area contributed by atoms with E-state index in [1.165, 1.54) is 0 Å². The number of methoxy groups -OCH3 is 1. The maximum atomic E-state index is 9.56. The third-order valence-electron chi connectivity index (χ3n) is 3.76. The van der Waals surface area contributed by atoms with Crippen molar-refractivity contribution in [1.29, 1.82) is 10.5 Å². The van der Waals surface area contributed by atoms with Crippen LogP contribution in [0.5, 0.6) is 0 Å². The predicted molar refractivity (Wildman–Crippen MR) is 81.9 cm³/mol. The molecule has 7 nitrogen and oxygen atoms in total. The highest BCUT2D eigenvalue weighted by atomic mass is 16.5. The molecule has 0 spiro atoms. The molecule has 1 aliphatic heterocycles. The first-order valence-corrected chi connectivity index (χ1v) is 7.07. The zero-order valence-corrected chi connectivity index (χ0v) is 12.8. The van der Waals surface area contributed by atoms with Gasteiger partial charge in [0.15, 0.2) is 5.82 Å². The molecule has 1 aromatic carbocycles. The van der Waals surface area contributed by atoms with E-state index in [2.05, 4.69) is 27.2 Å². The van der Waals surface area contributed by atoms with Crippen LogP contribution in [0.3, 0.4) is 0 Å². The van der Waals surface area contributed by atoms with Crippen molar-refractivity contribution in [1.82, 2.24) is 14.8 Å². The van der Waals surface area contributed by atoms with E-state index < -0.39 is 5.92 Å². The molecule has 2 heterocycles. The number of hydrogen-bond donors (Lipinski definition) is 0. The molecular formula is C16H14N6O. The number of hydrogen-bond acceptors (Lipinski definition) is 6. The van der Waals surface area contributed by atoms with E-state index in [9.17, 15) is 5.26 Å². The van der Waals surface area contributed by atoms with Crippen molar-refractivity contribution in [2.24, 2.45) is 10.9 Å². The summed E-state index contributed by atoms with van der Waals surface area (Å²) in [7, 11) is 1.57. The summed E-state index contributed by atoms with van der Waals surface area (Å²) in [6, 6.07) is 11.2. The van der Waals surface area contributed by atoms with Crippen LogP contribution in [0.1, 0.15) is 29.9 Å². The molecule has 2 unspecified atom stereocenters. The Hall–Kier alpha value is -3.03. The molecular weight excluding hydrogens is 292 g/mol. The Labute approximate surface area is 133 Å². The highest BCUT2D eigenvalue weighted by Crippen LogP contribution is 2.35. The number of nitrogens with zero attached hydrogens (tertiary/aromatic N) is 6. The molecule has 0 radical (unpaired) electrons. The molecule has 1 aliphatic rings. The molecule has 0 saturated carbocycles. The molecule has 0 saturated heterocycles. The molecule has 23 heavy (non-hydrogen) atoms. The standard InChI is InChI=1S/C16H14N6O/c1-10-13(8-18)15(12-5-3-11(7-17)4-6-12)22-16(19-10)20-14(21-22)9-23-2/h3-6,13,15H,9H2,1-2H3. The maximum absolute atomic E-state index is 9.56. The van der Waals surface area contributed by atoms with Gasteiger partial charge in [-0.2, -0.15) is 20.6 Å². The molecule has 2 atom stereocenters. The Kier molecular flexibility index (Phi) is 3.88. The summed E-state index contributed by atoms with van der Waals surface area (Å²) in [5.74, 6) is 0.555. The highest BCUT2D eigenvalue weighted by Gasteiger charge is 2.34. The van der Waals surface area contributed by atoms with Crippen molar-refractivity contribution in [3.05, 3.63) is 41.2 Å². The number of nitriles is 2. The number of fused-ring (bicyclic) bond motifs is 1. The van der Waals surface area contributed by atoms with Crippen LogP contribution in [0.4, 0.5) is 5.95 Å². The topological polar surface area (TPSA) is 99.9 Å². The zero-order chi connectivity index (χ0) is 16.4. The summed E-state index contributed by atoms with van der Waals surface area (Å²) in [6.45, 7) is 2.10. The van der Waals surface area contributed by atoms with Gasteiger partial charge in [0.25, 0.3) is 0 Å². The van der Waals surface area contributed by atoms with Gasteiger partial charge in [-0.05, 0) is 24.6 Å². The lowest BCUT2D eigenvalue weighted by molar-refractivity contribution is 0.177. The first-order chi connectivity index (χ1) is 11.2. The maximum Gasteiger partial charge on any atom is 0.248 e. The van der Waals surface area contributed by atoms with Crippen molar-refractivity contribution in [2.75, 3.05) is 7.11 Å². The molecule has 3 rings (SSSR count). The molecule has 0 aliphatic carbocycles. The molecule has 0 fully saturated rings. The fourth-order valence-corrected chi connectivity index (χ4v) is 2.66. The Morgan fingerprint density at radius 2 is 2.00 bits per heavy atom. The monoisotopic (exact) mass is 306 g/mol. The fourth-order valence-electron chi connectivity index (χ4n) is 2.66. The summed E-state index contributed by atoms with van der Waals surface area (Å²) >= 11 is 0. The minimum Gasteiger partial charge on any atom is -0.377 e. The van der Waals surface area contributed by atoms with E-state index in [1.54, 1.807) is 23.9 Å². The van der Waals surface area contributed by atoms with Gasteiger partial charge in [0.05, 0.1) is 17.7 Å². The smallest absolute Gasteiger partial charge is 0.248 e. The summed E-state index contributed by atoms with van der Waals surface area (Å²) in [6.07, 6.45) is 0. The van der Waals surface area contributed by atoms with Gasteiger partial charge >= 0.3 is 0 Å². The van der Waals surface area contributed by atoms with Gasteiger partial charge in [-0.15, -0.1) is 0 Å². The van der Waals surface area contributed by atoms with E-state index in [4.69, 9.17) is 10.00 Å². The number of aromatic nitrogens is 3. The van der Waals surface area contributed by atoms with Gasteiger partial charge in [-0.3, -0.25) is 0 Å². The second-order valence-corrected chi connectivity index (χ2v) is 5.24. The number of aliphatic imine (C=N–C) groups is 1. The van der Waals surface area contributed by atoms with Gasteiger partial charge in [0, 0.05) is 12.8 Å². The lowest BCUT2D eigenvalue weighted by atomic mass is 9.89. The van der Waals surface area contributed by atoms with Gasteiger partial charge < -0.3 is 4.74 Å². The summed E-state index contributed by atoms with van der Waals surface area (Å²) in [5.41, 5.74) is 2.16. The number of rotatable bonds is 3. The first kappa shape index (κ1) is 14.9. The van der Waals surface area contributed by atoms with E-state index in [-0.39, 0.29) is 12.6 Å². The van der Waals surface area contributed by atoms with Gasteiger partial charge in [0.1, 0.15) is 18.6 Å². The second kappa shape index (κ2) is 5.99. The van der Waals surface area contributed by atoms with Crippen LogP contribution < -0.4 is 0 Å². The van der Waals surface area contributed by atoms with Gasteiger partial charge in [-0.25, -0.2) is 9.67 Å². The van der Waals surface area contributed by atoms with Crippen LogP contribution in [-0.2, 0) is 11.3 Å². The lowest BCUT2D eigenvalue weighted by Crippen LogP contribution is -2.29. The van der Waals surface area contributed by atoms with Crippen LogP contribution in [-0.4, -0.2) is 27.6 Å². The SMILES string of the molecule is COCc1nc2n(n1)C(c1ccc(C#N)cc1)C(C#N)C(C)=N2. The van der Waals surface area contributed by atoms with Crippen molar-refractivity contribution in [3.8, 4) is 12.1 Å². The molecule has 114 valence electrons. The minimum absolute atomic E-state index is 0.284. The van der Waals surface area contributed by atoms with E-state index in [1.807, 2.05) is 19.1 Å². The predicted octanol–water partition coefficient (Wildman–Crippen LogP) is 2.13. The number of ether oxygens (including phenoxy) is 1. The van der Waals surface area contributed by atoms with Crippen LogP contribution in [0.2, 0.25) is 0 Å². The van der Waals surface area contributed by atoms with Crippen LogP contribution in [0, 0.1) is 28.6 Å². The van der Waals surface area contributed by atoms with Crippen LogP contribution >= 0.6 is 0 Å². The van der Waals surface area contributed by atoms with Crippen molar-refractivity contribution < 1.29 is 4.74 Å². The Morgan fingerprint density at radius 3 is 2.61 bits per heavy atom. The van der Waals surface area contributed by atoms with Crippen molar-refractivity contribution in [3.63, 3.8) is 0 Å². The average Bonchev–Trinajstić information content (AvgIpc) is 2.96. The molecule has 0 bridgehead atoms. The Bertz CT molecular complexity index is 837. The minimum atomic E-state index is -0.437. The number of benzene rings is 1. The quantitative estimate of drug-likeness (QED) is 0.864. The van der Waals surface area contributed by atoms with Gasteiger partial charge in [-0.1, -0.05) is 12.1 Å². The normalized spacial score (nSPS) is 19.4. The van der Waals surface area contributed by atoms with Crippen molar-refractivity contribution >= 4 is 11.7 Å². The average molecular weight is 306 g/mol. The highest BCUT2D eigenvalue weighted by molar-refractivity contribution is 5.90. The summed E-state index contributed by atoms with van der Waals surface area (Å²) in [5, 5.41) is 22.9. The summed E-state index contributed by atoms with van der Waals surface area (Å²) in [4.78, 5) is 8.73. The molecule has 2 aromatic rings. The third-order valence-corrected chi connectivity index (χ3v) is 3.76. The fraction of sp³-hybridized carbons (Fsp3) is 0.312. The molecule has 0 N–H and O–H groups in total. The lowest BCUT2D eigenvalue weighted by Gasteiger charge is -2.26. The van der Waals surface area contributed by atoms with E-state index >= 15 is 0 Å². The van der Waals surface area contributed by atoms with Gasteiger partial charge in [0.2, 0.25) is 5.95 Å². The van der Waals surface area contributed by atoms with Crippen LogP contribution in [0.25, 0.3) is 0 Å². The molecule has 7 heteroatoms. The molecule has 0 amide bonds. The first-order valence-electron chi connectivity index (χ1n) is 7.07. The Balaban J connectivity index is 2.11. The second-order valence-electron chi connectivity index (χ2n) is 5.24. The summed E-state index contributed by atoms with van der Waals surface area (Å²) < 4.78 is 6.73. The van der Waals surface area contributed by atoms with E-state index in [0.717, 1.165) is 5.56 Å². The van der Waals surface area contributed by atoms with Crippen LogP contribution in [0.15, 0.2) is 29.3 Å². The third kappa shape index (κ3) is 2.59. The molecule has 1 aromatic heterocycles. The van der Waals surface area contributed by atoms with E-state index in [0.29, 0.717) is 23.0 Å². The largest absolute Gasteiger partial charge is 0.377 e. The zero-order valence-electron chi connectivity index (χ0n) is 12.8. The van der Waals surface area contributed by atoms with Crippen molar-refractivity contribution in [2.45, 2.75) is 19.6 Å². The Morgan fingerprint density at radius 1 is 1.26 bits per heavy atom.